The molecule has 2 rings (SSSR count). The van der Waals surface area contributed by atoms with E-state index in [2.05, 4.69) is 24.1 Å². The molecule has 1 aliphatic carbocycles. The van der Waals surface area contributed by atoms with Crippen LogP contribution in [0.5, 0.6) is 0 Å². The number of hydrogen-bond donors (Lipinski definition) is 1. The van der Waals surface area contributed by atoms with Gasteiger partial charge in [0.15, 0.2) is 0 Å². The number of sulfonamides is 1. The zero-order valence-electron chi connectivity index (χ0n) is 16.8. The predicted octanol–water partition coefficient (Wildman–Crippen LogP) is 3.46. The molecule has 0 aromatic heterocycles. The molecule has 0 spiro atoms. The van der Waals surface area contributed by atoms with Crippen LogP contribution in [-0.4, -0.2) is 50.6 Å². The van der Waals surface area contributed by atoms with Crippen LogP contribution in [0.1, 0.15) is 52.4 Å². The van der Waals surface area contributed by atoms with Crippen LogP contribution in [0.15, 0.2) is 24.3 Å². The Kier molecular flexibility index (Phi) is 8.10. The number of benzene rings is 1. The maximum atomic E-state index is 12.5. The molecule has 0 radical (unpaired) electrons. The van der Waals surface area contributed by atoms with Gasteiger partial charge in [-0.25, -0.2) is 8.42 Å². The van der Waals surface area contributed by atoms with Crippen LogP contribution in [0.4, 0.5) is 11.4 Å². The lowest BCUT2D eigenvalue weighted by atomic mass is 10.1. The van der Waals surface area contributed by atoms with E-state index >= 15 is 0 Å². The molecule has 1 aliphatic rings. The van der Waals surface area contributed by atoms with Crippen molar-refractivity contribution in [2.24, 2.45) is 0 Å². The first-order valence-electron chi connectivity index (χ1n) is 9.96. The van der Waals surface area contributed by atoms with Crippen molar-refractivity contribution in [2.45, 2.75) is 58.4 Å². The second-order valence-electron chi connectivity index (χ2n) is 7.22. The van der Waals surface area contributed by atoms with E-state index in [0.717, 1.165) is 57.3 Å². The molecule has 1 saturated carbocycles. The van der Waals surface area contributed by atoms with Gasteiger partial charge in [0.1, 0.15) is 0 Å². The molecule has 1 aromatic rings. The van der Waals surface area contributed by atoms with Gasteiger partial charge in [-0.1, -0.05) is 25.7 Å². The van der Waals surface area contributed by atoms with Crippen LogP contribution in [-0.2, 0) is 14.8 Å². The van der Waals surface area contributed by atoms with E-state index in [9.17, 15) is 13.2 Å². The molecular weight excluding hydrogens is 362 g/mol. The van der Waals surface area contributed by atoms with Gasteiger partial charge in [0.2, 0.25) is 15.9 Å². The SMILES string of the molecule is CCN(CC)c1ccc(NC(=O)CN(C2CCCCCC2)S(C)(=O)=O)cc1. The van der Waals surface area contributed by atoms with Crippen molar-refractivity contribution in [1.82, 2.24) is 4.31 Å². The number of nitrogens with one attached hydrogen (secondary N) is 1. The molecule has 1 aromatic carbocycles. The summed E-state index contributed by atoms with van der Waals surface area (Å²) in [7, 11) is -3.43. The highest BCUT2D eigenvalue weighted by atomic mass is 32.2. The minimum Gasteiger partial charge on any atom is -0.372 e. The Morgan fingerprint density at radius 3 is 2.07 bits per heavy atom. The van der Waals surface area contributed by atoms with Crippen LogP contribution in [0.3, 0.4) is 0 Å². The number of rotatable bonds is 8. The molecule has 1 N–H and O–H groups in total. The maximum Gasteiger partial charge on any atom is 0.239 e. The number of anilines is 2. The first kappa shape index (κ1) is 21.7. The molecule has 0 saturated heterocycles. The first-order valence-corrected chi connectivity index (χ1v) is 11.8. The Bertz CT molecular complexity index is 692. The zero-order valence-corrected chi connectivity index (χ0v) is 17.6. The Morgan fingerprint density at radius 2 is 1.59 bits per heavy atom. The minimum atomic E-state index is -3.43. The fourth-order valence-corrected chi connectivity index (χ4v) is 4.85. The number of nitrogens with zero attached hydrogens (tertiary/aromatic N) is 2. The standard InChI is InChI=1S/C20H33N3O3S/c1-4-22(5-2)18-14-12-17(13-15-18)21-20(24)16-23(27(3,25)26)19-10-8-6-7-9-11-19/h12-15,19H,4-11,16H2,1-3H3,(H,21,24). The summed E-state index contributed by atoms with van der Waals surface area (Å²) in [6.07, 6.45) is 7.18. The monoisotopic (exact) mass is 395 g/mol. The summed E-state index contributed by atoms with van der Waals surface area (Å²) in [6.45, 7) is 5.93. The average Bonchev–Trinajstić information content (AvgIpc) is 2.90. The van der Waals surface area contributed by atoms with E-state index in [1.807, 2.05) is 24.3 Å². The van der Waals surface area contributed by atoms with Crippen LogP contribution in [0.2, 0.25) is 0 Å². The van der Waals surface area contributed by atoms with Gasteiger partial charge in [-0.15, -0.1) is 0 Å². The van der Waals surface area contributed by atoms with E-state index < -0.39 is 10.0 Å². The normalized spacial score (nSPS) is 16.1. The molecule has 0 atom stereocenters. The van der Waals surface area contributed by atoms with Gasteiger partial charge >= 0.3 is 0 Å². The van der Waals surface area contributed by atoms with Crippen molar-refractivity contribution in [1.29, 1.82) is 0 Å². The van der Waals surface area contributed by atoms with E-state index in [0.29, 0.717) is 5.69 Å². The van der Waals surface area contributed by atoms with Crippen LogP contribution < -0.4 is 10.2 Å². The fourth-order valence-electron chi connectivity index (χ4n) is 3.75. The van der Waals surface area contributed by atoms with Gasteiger partial charge in [0, 0.05) is 30.5 Å². The predicted molar refractivity (Wildman–Crippen MR) is 112 cm³/mol. The molecule has 1 fully saturated rings. The summed E-state index contributed by atoms with van der Waals surface area (Å²) >= 11 is 0. The lowest BCUT2D eigenvalue weighted by molar-refractivity contribution is -0.116. The van der Waals surface area contributed by atoms with E-state index in [1.165, 1.54) is 10.6 Å². The summed E-state index contributed by atoms with van der Waals surface area (Å²) in [5.74, 6) is -0.291. The number of carbonyl (C=O) groups excluding carboxylic acids is 1. The van der Waals surface area contributed by atoms with Crippen molar-refractivity contribution >= 4 is 27.3 Å². The van der Waals surface area contributed by atoms with Gasteiger partial charge < -0.3 is 10.2 Å². The average molecular weight is 396 g/mol. The van der Waals surface area contributed by atoms with Gasteiger partial charge in [-0.05, 0) is 51.0 Å². The Labute approximate surface area is 164 Å². The van der Waals surface area contributed by atoms with Crippen molar-refractivity contribution < 1.29 is 13.2 Å². The highest BCUT2D eigenvalue weighted by Crippen LogP contribution is 2.24. The highest BCUT2D eigenvalue weighted by molar-refractivity contribution is 7.88. The first-order chi connectivity index (χ1) is 12.8. The van der Waals surface area contributed by atoms with Crippen LogP contribution >= 0.6 is 0 Å². The van der Waals surface area contributed by atoms with Crippen LogP contribution in [0.25, 0.3) is 0 Å². The quantitative estimate of drug-likeness (QED) is 0.685. The van der Waals surface area contributed by atoms with E-state index in [1.54, 1.807) is 0 Å². The summed E-state index contributed by atoms with van der Waals surface area (Å²) in [4.78, 5) is 14.7. The molecule has 0 aliphatic heterocycles. The summed E-state index contributed by atoms with van der Waals surface area (Å²) in [5, 5.41) is 2.84. The van der Waals surface area contributed by atoms with Crippen molar-refractivity contribution in [3.05, 3.63) is 24.3 Å². The molecule has 0 bridgehead atoms. The van der Waals surface area contributed by atoms with Gasteiger partial charge in [0.25, 0.3) is 0 Å². The number of hydrogen-bond acceptors (Lipinski definition) is 4. The summed E-state index contributed by atoms with van der Waals surface area (Å²) < 4.78 is 25.9. The lowest BCUT2D eigenvalue weighted by Crippen LogP contribution is -2.44. The molecule has 27 heavy (non-hydrogen) atoms. The Balaban J connectivity index is 2.02. The van der Waals surface area contributed by atoms with Gasteiger partial charge in [0.05, 0.1) is 12.8 Å². The molecule has 0 unspecified atom stereocenters. The number of carbonyl (C=O) groups is 1. The molecule has 6 nitrogen and oxygen atoms in total. The maximum absolute atomic E-state index is 12.5. The minimum absolute atomic E-state index is 0.0710. The van der Waals surface area contributed by atoms with Gasteiger partial charge in [-0.2, -0.15) is 4.31 Å². The third-order valence-corrected chi connectivity index (χ3v) is 6.52. The molecule has 152 valence electrons. The largest absolute Gasteiger partial charge is 0.372 e. The van der Waals surface area contributed by atoms with Crippen molar-refractivity contribution in [3.63, 3.8) is 0 Å². The van der Waals surface area contributed by atoms with E-state index in [-0.39, 0.29) is 18.5 Å². The molecule has 0 heterocycles. The molecule has 1 amide bonds. The topological polar surface area (TPSA) is 69.7 Å². The van der Waals surface area contributed by atoms with Crippen molar-refractivity contribution in [3.8, 4) is 0 Å². The second kappa shape index (κ2) is 10.1. The Hall–Kier alpha value is -1.60. The zero-order chi connectivity index (χ0) is 19.9. The lowest BCUT2D eigenvalue weighted by Gasteiger charge is -2.28. The summed E-state index contributed by atoms with van der Waals surface area (Å²) in [5.41, 5.74) is 1.79. The summed E-state index contributed by atoms with van der Waals surface area (Å²) in [6, 6.07) is 7.60. The highest BCUT2D eigenvalue weighted by Gasteiger charge is 2.29. The Morgan fingerprint density at radius 1 is 1.04 bits per heavy atom. The molecular formula is C20H33N3O3S. The smallest absolute Gasteiger partial charge is 0.239 e. The molecule has 7 heteroatoms. The second-order valence-corrected chi connectivity index (χ2v) is 9.16. The van der Waals surface area contributed by atoms with Crippen molar-refractivity contribution in [2.75, 3.05) is 36.1 Å². The third kappa shape index (κ3) is 6.50. The third-order valence-electron chi connectivity index (χ3n) is 5.24. The fraction of sp³-hybridized carbons (Fsp3) is 0.650. The van der Waals surface area contributed by atoms with Gasteiger partial charge in [-0.3, -0.25) is 4.79 Å². The van der Waals surface area contributed by atoms with E-state index in [4.69, 9.17) is 0 Å². The number of amides is 1. The van der Waals surface area contributed by atoms with Crippen LogP contribution in [0, 0.1) is 0 Å².